The SMILES string of the molecule is CCNCC(C)Cc1c(C)nn(-c2cccnn2)c1C. The molecule has 2 aromatic heterocycles. The van der Waals surface area contributed by atoms with Gasteiger partial charge in [0, 0.05) is 11.9 Å². The molecule has 0 aromatic carbocycles. The van der Waals surface area contributed by atoms with Crippen LogP contribution in [-0.4, -0.2) is 33.1 Å². The Bertz CT molecular complexity index is 547. The summed E-state index contributed by atoms with van der Waals surface area (Å²) in [6.07, 6.45) is 2.71. The van der Waals surface area contributed by atoms with Crippen LogP contribution in [0.2, 0.25) is 0 Å². The Morgan fingerprint density at radius 3 is 2.80 bits per heavy atom. The first-order valence-electron chi connectivity index (χ1n) is 7.17. The summed E-state index contributed by atoms with van der Waals surface area (Å²) < 4.78 is 1.89. The molecule has 0 fully saturated rings. The second-order valence-corrected chi connectivity index (χ2v) is 5.26. The summed E-state index contributed by atoms with van der Waals surface area (Å²) in [5, 5.41) is 16.1. The van der Waals surface area contributed by atoms with Crippen molar-refractivity contribution in [3.63, 3.8) is 0 Å². The Balaban J connectivity index is 2.21. The number of hydrogen-bond donors (Lipinski definition) is 1. The highest BCUT2D eigenvalue weighted by Crippen LogP contribution is 2.19. The third kappa shape index (κ3) is 3.22. The third-order valence-corrected chi connectivity index (χ3v) is 3.51. The van der Waals surface area contributed by atoms with Crippen LogP contribution in [0.5, 0.6) is 0 Å². The summed E-state index contributed by atoms with van der Waals surface area (Å²) in [6.45, 7) is 10.6. The normalized spacial score (nSPS) is 12.6. The van der Waals surface area contributed by atoms with E-state index in [1.165, 1.54) is 5.56 Å². The third-order valence-electron chi connectivity index (χ3n) is 3.51. The average Bonchev–Trinajstić information content (AvgIpc) is 2.74. The van der Waals surface area contributed by atoms with E-state index >= 15 is 0 Å². The summed E-state index contributed by atoms with van der Waals surface area (Å²) in [4.78, 5) is 0. The standard InChI is InChI=1S/C15H23N5/c1-5-16-10-11(2)9-14-12(3)19-20(13(14)4)15-7-6-8-17-18-15/h6-8,11,16H,5,9-10H2,1-4H3. The second kappa shape index (κ2) is 6.61. The topological polar surface area (TPSA) is 55.6 Å². The molecule has 1 atom stereocenters. The first-order chi connectivity index (χ1) is 9.63. The minimum atomic E-state index is 0.590. The Morgan fingerprint density at radius 2 is 2.15 bits per heavy atom. The molecule has 1 N–H and O–H groups in total. The highest BCUT2D eigenvalue weighted by atomic mass is 15.3. The van der Waals surface area contributed by atoms with Crippen LogP contribution in [-0.2, 0) is 6.42 Å². The maximum atomic E-state index is 4.61. The van der Waals surface area contributed by atoms with E-state index < -0.39 is 0 Å². The molecular weight excluding hydrogens is 250 g/mol. The van der Waals surface area contributed by atoms with Crippen LogP contribution in [0.15, 0.2) is 18.3 Å². The molecule has 5 nitrogen and oxygen atoms in total. The summed E-state index contributed by atoms with van der Waals surface area (Å²) in [7, 11) is 0. The average molecular weight is 273 g/mol. The smallest absolute Gasteiger partial charge is 0.175 e. The fourth-order valence-electron chi connectivity index (χ4n) is 2.41. The quantitative estimate of drug-likeness (QED) is 0.875. The molecule has 2 rings (SSSR count). The molecule has 5 heteroatoms. The van der Waals surface area contributed by atoms with Gasteiger partial charge in [-0.05, 0) is 57.0 Å². The second-order valence-electron chi connectivity index (χ2n) is 5.26. The number of nitrogens with one attached hydrogen (secondary N) is 1. The number of hydrogen-bond acceptors (Lipinski definition) is 4. The van der Waals surface area contributed by atoms with Gasteiger partial charge in [-0.15, -0.1) is 5.10 Å². The van der Waals surface area contributed by atoms with E-state index in [-0.39, 0.29) is 0 Å². The number of aryl methyl sites for hydroxylation is 1. The lowest BCUT2D eigenvalue weighted by Crippen LogP contribution is -2.22. The number of aromatic nitrogens is 4. The van der Waals surface area contributed by atoms with Gasteiger partial charge in [-0.2, -0.15) is 10.2 Å². The minimum absolute atomic E-state index is 0.590. The molecule has 0 bridgehead atoms. The molecule has 108 valence electrons. The molecule has 0 aliphatic heterocycles. The summed E-state index contributed by atoms with van der Waals surface area (Å²) in [5.41, 5.74) is 3.56. The molecule has 0 spiro atoms. The minimum Gasteiger partial charge on any atom is -0.317 e. The van der Waals surface area contributed by atoms with E-state index in [4.69, 9.17) is 0 Å². The van der Waals surface area contributed by atoms with E-state index in [2.05, 4.69) is 48.3 Å². The Labute approximate surface area is 120 Å². The van der Waals surface area contributed by atoms with Crippen molar-refractivity contribution in [2.24, 2.45) is 5.92 Å². The van der Waals surface area contributed by atoms with Gasteiger partial charge < -0.3 is 5.32 Å². The van der Waals surface area contributed by atoms with Crippen LogP contribution in [0, 0.1) is 19.8 Å². The first kappa shape index (κ1) is 14.7. The number of nitrogens with zero attached hydrogens (tertiary/aromatic N) is 4. The van der Waals surface area contributed by atoms with Crippen LogP contribution < -0.4 is 5.32 Å². The first-order valence-corrected chi connectivity index (χ1v) is 7.17. The lowest BCUT2D eigenvalue weighted by atomic mass is 9.99. The van der Waals surface area contributed by atoms with Gasteiger partial charge in [0.1, 0.15) is 0 Å². The maximum absolute atomic E-state index is 4.61. The molecule has 0 saturated carbocycles. The van der Waals surface area contributed by atoms with Gasteiger partial charge in [-0.25, -0.2) is 4.68 Å². The molecule has 2 aromatic rings. The number of rotatable bonds is 6. The largest absolute Gasteiger partial charge is 0.317 e. The van der Waals surface area contributed by atoms with Gasteiger partial charge in [0.2, 0.25) is 0 Å². The van der Waals surface area contributed by atoms with Crippen LogP contribution in [0.25, 0.3) is 5.82 Å². The molecule has 0 aliphatic carbocycles. The molecule has 20 heavy (non-hydrogen) atoms. The van der Waals surface area contributed by atoms with E-state index in [1.807, 2.05) is 16.8 Å². The lowest BCUT2D eigenvalue weighted by Gasteiger charge is -2.12. The van der Waals surface area contributed by atoms with Crippen molar-refractivity contribution < 1.29 is 0 Å². The highest BCUT2D eigenvalue weighted by molar-refractivity contribution is 5.31. The van der Waals surface area contributed by atoms with E-state index in [0.717, 1.165) is 36.7 Å². The molecule has 2 heterocycles. The van der Waals surface area contributed by atoms with Gasteiger partial charge >= 0.3 is 0 Å². The van der Waals surface area contributed by atoms with Crippen LogP contribution in [0.4, 0.5) is 0 Å². The van der Waals surface area contributed by atoms with Gasteiger partial charge in [-0.1, -0.05) is 13.8 Å². The van der Waals surface area contributed by atoms with Crippen molar-refractivity contribution in [3.8, 4) is 5.82 Å². The van der Waals surface area contributed by atoms with Crippen LogP contribution in [0.3, 0.4) is 0 Å². The predicted octanol–water partition coefficient (Wildman–Crippen LogP) is 2.07. The van der Waals surface area contributed by atoms with Gasteiger partial charge in [-0.3, -0.25) is 0 Å². The summed E-state index contributed by atoms with van der Waals surface area (Å²) in [6, 6.07) is 3.81. The van der Waals surface area contributed by atoms with E-state index in [0.29, 0.717) is 5.92 Å². The van der Waals surface area contributed by atoms with Gasteiger partial charge in [0.05, 0.1) is 5.69 Å². The fourth-order valence-corrected chi connectivity index (χ4v) is 2.41. The molecule has 0 radical (unpaired) electrons. The molecule has 0 aliphatic rings. The van der Waals surface area contributed by atoms with Crippen molar-refractivity contribution in [1.29, 1.82) is 0 Å². The monoisotopic (exact) mass is 273 g/mol. The van der Waals surface area contributed by atoms with Crippen molar-refractivity contribution >= 4 is 0 Å². The predicted molar refractivity (Wildman–Crippen MR) is 80.0 cm³/mol. The van der Waals surface area contributed by atoms with Crippen molar-refractivity contribution in [3.05, 3.63) is 35.3 Å². The van der Waals surface area contributed by atoms with Gasteiger partial charge in [0.15, 0.2) is 5.82 Å². The zero-order valence-electron chi connectivity index (χ0n) is 12.7. The van der Waals surface area contributed by atoms with Crippen LogP contribution >= 0.6 is 0 Å². The summed E-state index contributed by atoms with van der Waals surface area (Å²) in [5.74, 6) is 1.37. The highest BCUT2D eigenvalue weighted by Gasteiger charge is 2.15. The Hall–Kier alpha value is -1.75. The van der Waals surface area contributed by atoms with E-state index in [1.54, 1.807) is 6.20 Å². The Morgan fingerprint density at radius 1 is 1.35 bits per heavy atom. The lowest BCUT2D eigenvalue weighted by molar-refractivity contribution is 0.519. The fraction of sp³-hybridized carbons (Fsp3) is 0.533. The Kier molecular flexibility index (Phi) is 4.84. The molecule has 0 amide bonds. The molecule has 1 unspecified atom stereocenters. The zero-order chi connectivity index (χ0) is 14.5. The maximum Gasteiger partial charge on any atom is 0.175 e. The van der Waals surface area contributed by atoms with Crippen molar-refractivity contribution in [1.82, 2.24) is 25.3 Å². The molecule has 0 saturated heterocycles. The molecular formula is C15H23N5. The van der Waals surface area contributed by atoms with Crippen molar-refractivity contribution in [2.75, 3.05) is 13.1 Å². The summed E-state index contributed by atoms with van der Waals surface area (Å²) >= 11 is 0. The van der Waals surface area contributed by atoms with Crippen LogP contribution in [0.1, 0.15) is 30.8 Å². The zero-order valence-corrected chi connectivity index (χ0v) is 12.7. The van der Waals surface area contributed by atoms with E-state index in [9.17, 15) is 0 Å². The van der Waals surface area contributed by atoms with Crippen molar-refractivity contribution in [2.45, 2.75) is 34.1 Å². The van der Waals surface area contributed by atoms with Gasteiger partial charge in [0.25, 0.3) is 0 Å².